The van der Waals surface area contributed by atoms with Gasteiger partial charge < -0.3 is 14.8 Å². The molecule has 0 bridgehead atoms. The molecule has 0 saturated heterocycles. The summed E-state index contributed by atoms with van der Waals surface area (Å²) in [4.78, 5) is 12.2. The summed E-state index contributed by atoms with van der Waals surface area (Å²) in [5.41, 5.74) is 2.04. The Kier molecular flexibility index (Phi) is 6.49. The molecule has 7 nitrogen and oxygen atoms in total. The van der Waals surface area contributed by atoms with Gasteiger partial charge in [0, 0.05) is 10.6 Å². The Bertz CT molecular complexity index is 941. The van der Waals surface area contributed by atoms with Crippen molar-refractivity contribution in [2.45, 2.75) is 20.3 Å². The van der Waals surface area contributed by atoms with Gasteiger partial charge in [-0.05, 0) is 71.7 Å². The molecule has 0 fully saturated rings. The molecular formula is C20H20ClN3O4. The van der Waals surface area contributed by atoms with Gasteiger partial charge in [0.25, 0.3) is 5.91 Å². The molecule has 1 aromatic heterocycles. The molecule has 2 aromatic carbocycles. The molecule has 0 aliphatic carbocycles. The van der Waals surface area contributed by atoms with Crippen LogP contribution < -0.4 is 14.8 Å². The van der Waals surface area contributed by atoms with Crippen LogP contribution in [-0.4, -0.2) is 29.4 Å². The molecule has 1 amide bonds. The fourth-order valence-electron chi connectivity index (χ4n) is 2.41. The minimum atomic E-state index is -0.382. The summed E-state index contributed by atoms with van der Waals surface area (Å²) in [6.45, 7) is 4.37. The second kappa shape index (κ2) is 9.23. The Balaban J connectivity index is 1.61. The monoisotopic (exact) mass is 401 g/mol. The van der Waals surface area contributed by atoms with Crippen LogP contribution in [0.4, 0.5) is 5.82 Å². The van der Waals surface area contributed by atoms with Crippen LogP contribution in [0, 0.1) is 6.92 Å². The molecule has 0 saturated carbocycles. The number of rotatable bonds is 8. The van der Waals surface area contributed by atoms with Crippen molar-refractivity contribution in [1.82, 2.24) is 10.3 Å². The van der Waals surface area contributed by atoms with Crippen molar-refractivity contribution in [3.8, 4) is 22.8 Å². The van der Waals surface area contributed by atoms with Crippen LogP contribution in [0.1, 0.15) is 18.9 Å². The number of benzene rings is 2. The molecule has 146 valence electrons. The second-order valence-electron chi connectivity index (χ2n) is 6.08. The first-order valence-corrected chi connectivity index (χ1v) is 9.19. The van der Waals surface area contributed by atoms with Gasteiger partial charge in [-0.1, -0.05) is 18.5 Å². The number of amides is 1. The first-order valence-electron chi connectivity index (χ1n) is 8.81. The van der Waals surface area contributed by atoms with Crippen molar-refractivity contribution in [3.05, 3.63) is 53.1 Å². The molecule has 0 aliphatic heterocycles. The van der Waals surface area contributed by atoms with Gasteiger partial charge in [0.2, 0.25) is 5.82 Å². The van der Waals surface area contributed by atoms with E-state index in [9.17, 15) is 4.79 Å². The summed E-state index contributed by atoms with van der Waals surface area (Å²) in [6.07, 6.45) is 0.933. The lowest BCUT2D eigenvalue weighted by Crippen LogP contribution is -2.20. The van der Waals surface area contributed by atoms with E-state index in [-0.39, 0.29) is 18.3 Å². The summed E-state index contributed by atoms with van der Waals surface area (Å²) >= 11 is 5.98. The fourth-order valence-corrected chi connectivity index (χ4v) is 2.53. The normalized spacial score (nSPS) is 10.5. The Morgan fingerprint density at radius 2 is 1.86 bits per heavy atom. The van der Waals surface area contributed by atoms with Crippen molar-refractivity contribution in [1.29, 1.82) is 0 Å². The maximum Gasteiger partial charge on any atom is 0.263 e. The number of aromatic nitrogens is 2. The van der Waals surface area contributed by atoms with Gasteiger partial charge in [-0.15, -0.1) is 0 Å². The predicted molar refractivity (Wildman–Crippen MR) is 106 cm³/mol. The van der Waals surface area contributed by atoms with Gasteiger partial charge in [-0.2, -0.15) is 0 Å². The van der Waals surface area contributed by atoms with Gasteiger partial charge in [0.15, 0.2) is 12.3 Å². The second-order valence-corrected chi connectivity index (χ2v) is 6.49. The van der Waals surface area contributed by atoms with E-state index in [2.05, 4.69) is 15.6 Å². The molecule has 1 N–H and O–H groups in total. The SMILES string of the molecule is CCCOc1ccc(-c2nonc2NC(=O)COc2ccc(Cl)c(C)c2)cc1. The summed E-state index contributed by atoms with van der Waals surface area (Å²) in [5.74, 6) is 1.16. The third kappa shape index (κ3) is 5.01. The first kappa shape index (κ1) is 19.7. The standard InChI is InChI=1S/C20H20ClN3O4/c1-3-10-26-15-6-4-14(5-7-15)19-20(24-28-23-19)22-18(25)12-27-16-8-9-17(21)13(2)11-16/h4-9,11H,3,10,12H2,1-2H3,(H,22,24,25). The number of nitrogens with zero attached hydrogens (tertiary/aromatic N) is 2. The highest BCUT2D eigenvalue weighted by molar-refractivity contribution is 6.31. The van der Waals surface area contributed by atoms with Crippen LogP contribution in [0.15, 0.2) is 47.1 Å². The van der Waals surface area contributed by atoms with Crippen LogP contribution in [0.5, 0.6) is 11.5 Å². The number of aryl methyl sites for hydroxylation is 1. The van der Waals surface area contributed by atoms with Gasteiger partial charge in [-0.25, -0.2) is 4.63 Å². The molecule has 28 heavy (non-hydrogen) atoms. The average Bonchev–Trinajstić information content (AvgIpc) is 3.15. The number of hydrogen-bond acceptors (Lipinski definition) is 6. The van der Waals surface area contributed by atoms with E-state index in [1.807, 2.05) is 38.1 Å². The smallest absolute Gasteiger partial charge is 0.263 e. The number of ether oxygens (including phenoxy) is 2. The van der Waals surface area contributed by atoms with E-state index < -0.39 is 0 Å². The number of halogens is 1. The molecule has 3 rings (SSSR count). The Hall–Kier alpha value is -3.06. The van der Waals surface area contributed by atoms with Crippen LogP contribution in [-0.2, 0) is 4.79 Å². The highest BCUT2D eigenvalue weighted by Crippen LogP contribution is 2.26. The van der Waals surface area contributed by atoms with Crippen LogP contribution >= 0.6 is 11.6 Å². The minimum Gasteiger partial charge on any atom is -0.494 e. The van der Waals surface area contributed by atoms with Crippen LogP contribution in [0.2, 0.25) is 5.02 Å². The third-order valence-electron chi connectivity index (χ3n) is 3.85. The van der Waals surface area contributed by atoms with Gasteiger partial charge in [-0.3, -0.25) is 4.79 Å². The van der Waals surface area contributed by atoms with E-state index in [0.29, 0.717) is 23.1 Å². The van der Waals surface area contributed by atoms with E-state index in [1.165, 1.54) is 0 Å². The Morgan fingerprint density at radius 1 is 1.11 bits per heavy atom. The number of anilines is 1. The summed E-state index contributed by atoms with van der Waals surface area (Å²) in [7, 11) is 0. The highest BCUT2D eigenvalue weighted by atomic mass is 35.5. The lowest BCUT2D eigenvalue weighted by Gasteiger charge is -2.08. The maximum absolute atomic E-state index is 12.2. The minimum absolute atomic E-state index is 0.183. The Morgan fingerprint density at radius 3 is 2.57 bits per heavy atom. The number of nitrogens with one attached hydrogen (secondary N) is 1. The van der Waals surface area contributed by atoms with Gasteiger partial charge in [0.05, 0.1) is 6.61 Å². The summed E-state index contributed by atoms with van der Waals surface area (Å²) < 4.78 is 15.8. The molecule has 0 unspecified atom stereocenters. The van der Waals surface area contributed by atoms with E-state index in [1.54, 1.807) is 18.2 Å². The maximum atomic E-state index is 12.2. The lowest BCUT2D eigenvalue weighted by molar-refractivity contribution is -0.118. The Labute approximate surface area is 167 Å². The van der Waals surface area contributed by atoms with E-state index in [4.69, 9.17) is 25.7 Å². The van der Waals surface area contributed by atoms with Crippen molar-refractivity contribution in [2.75, 3.05) is 18.5 Å². The van der Waals surface area contributed by atoms with Crippen molar-refractivity contribution in [3.63, 3.8) is 0 Å². The quantitative estimate of drug-likeness (QED) is 0.597. The molecule has 3 aromatic rings. The molecular weight excluding hydrogens is 382 g/mol. The van der Waals surface area contributed by atoms with E-state index >= 15 is 0 Å². The topological polar surface area (TPSA) is 86.5 Å². The third-order valence-corrected chi connectivity index (χ3v) is 4.27. The summed E-state index contributed by atoms with van der Waals surface area (Å²) in [6, 6.07) is 12.5. The predicted octanol–water partition coefficient (Wildman–Crippen LogP) is 4.50. The molecule has 0 aliphatic rings. The summed E-state index contributed by atoms with van der Waals surface area (Å²) in [5, 5.41) is 10.9. The number of carbonyl (C=O) groups is 1. The molecule has 0 atom stereocenters. The largest absolute Gasteiger partial charge is 0.494 e. The average molecular weight is 402 g/mol. The zero-order chi connectivity index (χ0) is 19.9. The van der Waals surface area contributed by atoms with E-state index in [0.717, 1.165) is 23.3 Å². The molecule has 0 radical (unpaired) electrons. The number of hydrogen-bond donors (Lipinski definition) is 1. The van der Waals surface area contributed by atoms with Crippen LogP contribution in [0.25, 0.3) is 11.3 Å². The van der Waals surface area contributed by atoms with Crippen molar-refractivity contribution in [2.24, 2.45) is 0 Å². The van der Waals surface area contributed by atoms with Crippen LogP contribution in [0.3, 0.4) is 0 Å². The zero-order valence-corrected chi connectivity index (χ0v) is 16.3. The zero-order valence-electron chi connectivity index (χ0n) is 15.6. The first-order chi connectivity index (χ1) is 13.6. The van der Waals surface area contributed by atoms with Gasteiger partial charge in [0.1, 0.15) is 11.5 Å². The van der Waals surface area contributed by atoms with Crippen molar-refractivity contribution < 1.29 is 18.9 Å². The van der Waals surface area contributed by atoms with Gasteiger partial charge >= 0.3 is 0 Å². The number of carbonyl (C=O) groups excluding carboxylic acids is 1. The fraction of sp³-hybridized carbons (Fsp3) is 0.250. The highest BCUT2D eigenvalue weighted by Gasteiger charge is 2.15. The molecule has 8 heteroatoms. The molecule has 0 spiro atoms. The lowest BCUT2D eigenvalue weighted by atomic mass is 10.1. The molecule has 1 heterocycles. The van der Waals surface area contributed by atoms with Crippen molar-refractivity contribution >= 4 is 23.3 Å².